The zero-order chi connectivity index (χ0) is 10.3. The number of hydrogen-bond donors (Lipinski definition) is 0. The first kappa shape index (κ1) is 10.3. The van der Waals surface area contributed by atoms with E-state index < -0.39 is 0 Å². The van der Waals surface area contributed by atoms with Crippen molar-refractivity contribution in [2.45, 2.75) is 31.7 Å². The highest BCUT2D eigenvalue weighted by Gasteiger charge is 2.31. The Hall–Kier alpha value is -0.210. The molecule has 1 heterocycles. The van der Waals surface area contributed by atoms with Gasteiger partial charge in [-0.3, -0.25) is 0 Å². The van der Waals surface area contributed by atoms with Gasteiger partial charge in [-0.1, -0.05) is 6.07 Å². The Morgan fingerprint density at radius 3 is 2.86 bits per heavy atom. The van der Waals surface area contributed by atoms with Crippen LogP contribution in [0.1, 0.15) is 25.0 Å². The van der Waals surface area contributed by atoms with Gasteiger partial charge in [-0.15, -0.1) is 11.6 Å². The average Bonchev–Trinajstić information content (AvgIpc) is 2.40. The Morgan fingerprint density at radius 2 is 2.21 bits per heavy atom. The van der Waals surface area contributed by atoms with Crippen LogP contribution in [0.15, 0.2) is 16.6 Å². The molecule has 0 spiro atoms. The van der Waals surface area contributed by atoms with Crippen LogP contribution in [0.25, 0.3) is 0 Å². The molecular formula is C11H12BrClO. The molecular weight excluding hydrogens is 263 g/mol. The monoisotopic (exact) mass is 274 g/mol. The molecule has 0 saturated heterocycles. The van der Waals surface area contributed by atoms with E-state index in [1.807, 2.05) is 6.07 Å². The van der Waals surface area contributed by atoms with Gasteiger partial charge in [-0.25, -0.2) is 0 Å². The second kappa shape index (κ2) is 3.42. The fraction of sp³-hybridized carbons (Fsp3) is 0.455. The average molecular weight is 276 g/mol. The Kier molecular flexibility index (Phi) is 2.52. The first-order valence-electron chi connectivity index (χ1n) is 4.58. The van der Waals surface area contributed by atoms with Gasteiger partial charge in [0.2, 0.25) is 0 Å². The Labute approximate surface area is 97.5 Å². The van der Waals surface area contributed by atoms with Crippen LogP contribution in [0.5, 0.6) is 5.75 Å². The van der Waals surface area contributed by atoms with Gasteiger partial charge in [0.05, 0.1) is 4.47 Å². The number of rotatable bonds is 1. The van der Waals surface area contributed by atoms with Gasteiger partial charge in [0.15, 0.2) is 0 Å². The van der Waals surface area contributed by atoms with Gasteiger partial charge in [0.25, 0.3) is 0 Å². The van der Waals surface area contributed by atoms with E-state index in [0.29, 0.717) is 5.88 Å². The minimum Gasteiger partial charge on any atom is -0.486 e. The van der Waals surface area contributed by atoms with Gasteiger partial charge in [0.1, 0.15) is 11.4 Å². The van der Waals surface area contributed by atoms with Crippen LogP contribution in [0, 0.1) is 0 Å². The van der Waals surface area contributed by atoms with Crippen molar-refractivity contribution in [2.24, 2.45) is 0 Å². The predicted molar refractivity (Wildman–Crippen MR) is 62.1 cm³/mol. The number of fused-ring (bicyclic) bond motifs is 1. The Morgan fingerprint density at radius 1 is 1.50 bits per heavy atom. The fourth-order valence-electron chi connectivity index (χ4n) is 1.81. The van der Waals surface area contributed by atoms with Gasteiger partial charge in [-0.05, 0) is 47.0 Å². The van der Waals surface area contributed by atoms with Crippen molar-refractivity contribution in [2.75, 3.05) is 0 Å². The van der Waals surface area contributed by atoms with E-state index in [2.05, 4.69) is 35.8 Å². The van der Waals surface area contributed by atoms with E-state index >= 15 is 0 Å². The standard InChI is InChI=1S/C11H12BrClO/c1-11(2)5-8-3-7(6-13)4-9(12)10(8)14-11/h3-4H,5-6H2,1-2H3. The number of ether oxygens (including phenoxy) is 1. The lowest BCUT2D eigenvalue weighted by Crippen LogP contribution is -2.24. The van der Waals surface area contributed by atoms with E-state index in [1.165, 1.54) is 5.56 Å². The van der Waals surface area contributed by atoms with Crippen LogP contribution in [0.2, 0.25) is 0 Å². The summed E-state index contributed by atoms with van der Waals surface area (Å²) in [5.74, 6) is 1.52. The van der Waals surface area contributed by atoms with Crippen molar-refractivity contribution >= 4 is 27.5 Å². The molecule has 0 N–H and O–H groups in total. The van der Waals surface area contributed by atoms with Gasteiger partial charge < -0.3 is 4.74 Å². The van der Waals surface area contributed by atoms with E-state index in [0.717, 1.165) is 22.2 Å². The van der Waals surface area contributed by atoms with Gasteiger partial charge in [0, 0.05) is 12.3 Å². The summed E-state index contributed by atoms with van der Waals surface area (Å²) in [4.78, 5) is 0. The molecule has 2 rings (SSSR count). The van der Waals surface area contributed by atoms with Crippen molar-refractivity contribution in [3.63, 3.8) is 0 Å². The molecule has 0 aromatic heterocycles. The van der Waals surface area contributed by atoms with Crippen LogP contribution >= 0.6 is 27.5 Å². The minimum absolute atomic E-state index is 0.0875. The van der Waals surface area contributed by atoms with E-state index in [4.69, 9.17) is 16.3 Å². The molecule has 0 radical (unpaired) electrons. The number of hydrogen-bond acceptors (Lipinski definition) is 1. The highest BCUT2D eigenvalue weighted by Crippen LogP contribution is 2.41. The minimum atomic E-state index is -0.0875. The molecule has 1 nitrogen and oxygen atoms in total. The van der Waals surface area contributed by atoms with Crippen LogP contribution in [-0.4, -0.2) is 5.60 Å². The van der Waals surface area contributed by atoms with E-state index in [9.17, 15) is 0 Å². The summed E-state index contributed by atoms with van der Waals surface area (Å²) in [7, 11) is 0. The molecule has 0 atom stereocenters. The van der Waals surface area contributed by atoms with Crippen molar-refractivity contribution in [3.05, 3.63) is 27.7 Å². The molecule has 76 valence electrons. The third-order valence-electron chi connectivity index (χ3n) is 2.33. The lowest BCUT2D eigenvalue weighted by Gasteiger charge is -2.17. The first-order valence-corrected chi connectivity index (χ1v) is 5.91. The van der Waals surface area contributed by atoms with Crippen molar-refractivity contribution in [1.82, 2.24) is 0 Å². The third kappa shape index (κ3) is 1.78. The van der Waals surface area contributed by atoms with Crippen LogP contribution in [0.3, 0.4) is 0 Å². The summed E-state index contributed by atoms with van der Waals surface area (Å²) in [6, 6.07) is 4.15. The molecule has 1 aliphatic heterocycles. The molecule has 0 fully saturated rings. The Balaban J connectivity index is 2.47. The topological polar surface area (TPSA) is 9.23 Å². The molecule has 1 aromatic rings. The van der Waals surface area contributed by atoms with Crippen molar-refractivity contribution < 1.29 is 4.74 Å². The molecule has 14 heavy (non-hydrogen) atoms. The SMILES string of the molecule is CC1(C)Cc2cc(CCl)cc(Br)c2O1. The molecule has 3 heteroatoms. The fourth-order valence-corrected chi connectivity index (χ4v) is 2.59. The molecule has 1 aromatic carbocycles. The Bertz CT molecular complexity index is 374. The normalized spacial score (nSPS) is 17.7. The van der Waals surface area contributed by atoms with Gasteiger partial charge >= 0.3 is 0 Å². The summed E-state index contributed by atoms with van der Waals surface area (Å²) in [6.07, 6.45) is 0.950. The van der Waals surface area contributed by atoms with Gasteiger partial charge in [-0.2, -0.15) is 0 Å². The lowest BCUT2D eigenvalue weighted by molar-refractivity contribution is 0.137. The molecule has 0 aliphatic carbocycles. The predicted octanol–water partition coefficient (Wildman–Crippen LogP) is 3.90. The van der Waals surface area contributed by atoms with E-state index in [-0.39, 0.29) is 5.60 Å². The summed E-state index contributed by atoms with van der Waals surface area (Å²) in [5.41, 5.74) is 2.30. The molecule has 1 aliphatic rings. The maximum absolute atomic E-state index is 5.83. The molecule has 0 unspecified atom stereocenters. The van der Waals surface area contributed by atoms with Crippen molar-refractivity contribution in [1.29, 1.82) is 0 Å². The van der Waals surface area contributed by atoms with E-state index in [1.54, 1.807) is 0 Å². The van der Waals surface area contributed by atoms with Crippen LogP contribution in [-0.2, 0) is 12.3 Å². The number of halogens is 2. The van der Waals surface area contributed by atoms with Crippen LogP contribution in [0.4, 0.5) is 0 Å². The molecule has 0 bridgehead atoms. The molecule has 0 saturated carbocycles. The largest absolute Gasteiger partial charge is 0.486 e. The quantitative estimate of drug-likeness (QED) is 0.706. The smallest absolute Gasteiger partial charge is 0.137 e. The maximum Gasteiger partial charge on any atom is 0.137 e. The second-order valence-corrected chi connectivity index (χ2v) is 5.36. The van der Waals surface area contributed by atoms with Crippen LogP contribution < -0.4 is 4.74 Å². The number of alkyl halides is 1. The molecule has 0 amide bonds. The van der Waals surface area contributed by atoms with Crippen molar-refractivity contribution in [3.8, 4) is 5.75 Å². The first-order chi connectivity index (χ1) is 6.52. The summed E-state index contributed by atoms with van der Waals surface area (Å²) in [6.45, 7) is 4.19. The summed E-state index contributed by atoms with van der Waals surface area (Å²) >= 11 is 9.32. The summed E-state index contributed by atoms with van der Waals surface area (Å²) < 4.78 is 6.84. The highest BCUT2D eigenvalue weighted by atomic mass is 79.9. The summed E-state index contributed by atoms with van der Waals surface area (Å²) in [5, 5.41) is 0. The second-order valence-electron chi connectivity index (χ2n) is 4.24. The maximum atomic E-state index is 5.83. The highest BCUT2D eigenvalue weighted by molar-refractivity contribution is 9.10. The third-order valence-corrected chi connectivity index (χ3v) is 3.23. The zero-order valence-electron chi connectivity index (χ0n) is 8.23. The zero-order valence-corrected chi connectivity index (χ0v) is 10.6. The number of benzene rings is 1. The lowest BCUT2D eigenvalue weighted by atomic mass is 10.0.